The summed E-state index contributed by atoms with van der Waals surface area (Å²) < 4.78 is 22.4. The van der Waals surface area contributed by atoms with Gasteiger partial charge in [-0.25, -0.2) is 13.2 Å². The Morgan fingerprint density at radius 2 is 1.78 bits per heavy atom. The number of imide groups is 1. The summed E-state index contributed by atoms with van der Waals surface area (Å²) in [5.74, 6) is -0.918. The maximum atomic E-state index is 11.8. The Morgan fingerprint density at radius 1 is 1.17 bits per heavy atom. The van der Waals surface area contributed by atoms with E-state index in [9.17, 15) is 22.8 Å². The summed E-state index contributed by atoms with van der Waals surface area (Å²) in [5, 5.41) is 7.04. The lowest BCUT2D eigenvalue weighted by molar-refractivity contribution is -0.126. The van der Waals surface area contributed by atoms with Gasteiger partial charge in [-0.2, -0.15) is 0 Å². The van der Waals surface area contributed by atoms with Gasteiger partial charge in [-0.1, -0.05) is 24.3 Å². The van der Waals surface area contributed by atoms with Crippen LogP contribution in [0.25, 0.3) is 0 Å². The normalized spacial score (nSPS) is 17.5. The molecule has 1 unspecified atom stereocenters. The van der Waals surface area contributed by atoms with Crippen molar-refractivity contribution in [3.8, 4) is 0 Å². The van der Waals surface area contributed by atoms with E-state index in [1.54, 1.807) is 24.3 Å². The van der Waals surface area contributed by atoms with Crippen LogP contribution in [0, 0.1) is 0 Å². The van der Waals surface area contributed by atoms with Crippen molar-refractivity contribution in [2.75, 3.05) is 6.26 Å². The fourth-order valence-corrected chi connectivity index (χ4v) is 2.91. The topological polar surface area (TPSA) is 121 Å². The summed E-state index contributed by atoms with van der Waals surface area (Å²) >= 11 is 0. The van der Waals surface area contributed by atoms with Gasteiger partial charge in [-0.15, -0.1) is 0 Å². The third-order valence-corrected chi connectivity index (χ3v) is 4.05. The molecule has 1 aromatic carbocycles. The van der Waals surface area contributed by atoms with Crippen LogP contribution < -0.4 is 16.0 Å². The molecule has 0 aliphatic carbocycles. The molecule has 0 saturated carbocycles. The van der Waals surface area contributed by atoms with Crippen LogP contribution in [0.15, 0.2) is 24.3 Å². The third-order valence-electron chi connectivity index (χ3n) is 3.19. The first-order valence-corrected chi connectivity index (χ1v) is 8.92. The van der Waals surface area contributed by atoms with Crippen LogP contribution in [-0.4, -0.2) is 38.6 Å². The molecule has 0 bridgehead atoms. The van der Waals surface area contributed by atoms with Crippen molar-refractivity contribution >= 4 is 27.7 Å². The van der Waals surface area contributed by atoms with E-state index in [4.69, 9.17) is 0 Å². The Hall–Kier alpha value is -2.42. The number of amides is 4. The smallest absolute Gasteiger partial charge is 0.322 e. The molecule has 2 rings (SSSR count). The van der Waals surface area contributed by atoms with Gasteiger partial charge in [0.2, 0.25) is 5.91 Å². The number of carbonyl (C=O) groups is 3. The molecule has 0 spiro atoms. The Morgan fingerprint density at radius 3 is 2.30 bits per heavy atom. The molecule has 8 nitrogen and oxygen atoms in total. The third kappa shape index (κ3) is 5.37. The Labute approximate surface area is 133 Å². The molecule has 1 saturated heterocycles. The van der Waals surface area contributed by atoms with Crippen molar-refractivity contribution < 1.29 is 22.8 Å². The molecule has 1 heterocycles. The van der Waals surface area contributed by atoms with Crippen molar-refractivity contribution in [2.24, 2.45) is 0 Å². The number of hydrogen-bond donors (Lipinski definition) is 3. The number of nitrogens with one attached hydrogen (secondary N) is 3. The highest BCUT2D eigenvalue weighted by Crippen LogP contribution is 2.08. The van der Waals surface area contributed by atoms with E-state index in [2.05, 4.69) is 16.0 Å². The lowest BCUT2D eigenvalue weighted by Gasteiger charge is -2.09. The van der Waals surface area contributed by atoms with Crippen LogP contribution in [-0.2, 0) is 31.7 Å². The molecule has 4 amide bonds. The number of urea groups is 1. The number of sulfone groups is 1. The van der Waals surface area contributed by atoms with E-state index >= 15 is 0 Å². The number of carbonyl (C=O) groups excluding carboxylic acids is 3. The van der Waals surface area contributed by atoms with Crippen molar-refractivity contribution in [3.63, 3.8) is 0 Å². The van der Waals surface area contributed by atoms with E-state index in [1.165, 1.54) is 6.26 Å². The van der Waals surface area contributed by atoms with Gasteiger partial charge in [0.25, 0.3) is 5.91 Å². The average Bonchev–Trinajstić information content (AvgIpc) is 2.74. The average molecular weight is 339 g/mol. The minimum Gasteiger partial charge on any atom is -0.352 e. The fraction of sp³-hybridized carbons (Fsp3) is 0.357. The largest absolute Gasteiger partial charge is 0.352 e. The van der Waals surface area contributed by atoms with Crippen LogP contribution in [0.2, 0.25) is 0 Å². The fourth-order valence-electron chi connectivity index (χ4n) is 2.12. The summed E-state index contributed by atoms with van der Waals surface area (Å²) in [6.07, 6.45) is 1.03. The van der Waals surface area contributed by atoms with Gasteiger partial charge < -0.3 is 10.6 Å². The second-order valence-corrected chi connectivity index (χ2v) is 7.52. The van der Waals surface area contributed by atoms with Crippen LogP contribution in [0.3, 0.4) is 0 Å². The van der Waals surface area contributed by atoms with E-state index in [1.807, 2.05) is 0 Å². The highest BCUT2D eigenvalue weighted by molar-refractivity contribution is 7.89. The highest BCUT2D eigenvalue weighted by atomic mass is 32.2. The maximum Gasteiger partial charge on any atom is 0.322 e. The van der Waals surface area contributed by atoms with Crippen molar-refractivity contribution in [2.45, 2.75) is 24.8 Å². The van der Waals surface area contributed by atoms with Gasteiger partial charge in [0.1, 0.15) is 6.04 Å². The van der Waals surface area contributed by atoms with Crippen LogP contribution in [0.1, 0.15) is 17.5 Å². The minimum absolute atomic E-state index is 0.0316. The Bertz CT molecular complexity index is 727. The first-order valence-electron chi connectivity index (χ1n) is 6.86. The molecule has 1 aliphatic rings. The Balaban J connectivity index is 1.82. The monoisotopic (exact) mass is 339 g/mol. The second-order valence-electron chi connectivity index (χ2n) is 5.38. The second kappa shape index (κ2) is 6.78. The van der Waals surface area contributed by atoms with Gasteiger partial charge in [0.15, 0.2) is 9.84 Å². The van der Waals surface area contributed by atoms with Crippen molar-refractivity contribution in [1.82, 2.24) is 16.0 Å². The first-order chi connectivity index (χ1) is 10.7. The summed E-state index contributed by atoms with van der Waals surface area (Å²) in [6.45, 7) is 0.250. The molecular weight excluding hydrogens is 322 g/mol. The summed E-state index contributed by atoms with van der Waals surface area (Å²) in [4.78, 5) is 34.0. The zero-order chi connectivity index (χ0) is 17.0. The van der Waals surface area contributed by atoms with Crippen LogP contribution in [0.5, 0.6) is 0 Å². The molecule has 1 atom stereocenters. The molecule has 1 aromatic rings. The number of rotatable bonds is 6. The van der Waals surface area contributed by atoms with E-state index < -0.39 is 27.8 Å². The number of benzene rings is 1. The van der Waals surface area contributed by atoms with E-state index in [0.717, 1.165) is 5.56 Å². The molecule has 0 aromatic heterocycles. The SMILES string of the molecule is CS(=O)(=O)Cc1ccc(CNC(=O)CC2NC(=O)NC2=O)cc1. The summed E-state index contributed by atoms with van der Waals surface area (Å²) in [6, 6.07) is 5.38. The zero-order valence-electron chi connectivity index (χ0n) is 12.5. The quantitative estimate of drug-likeness (QED) is 0.600. The van der Waals surface area contributed by atoms with Gasteiger partial charge in [0, 0.05) is 12.8 Å². The standard InChI is InChI=1S/C14H17N3O5S/c1-23(21,22)8-10-4-2-9(3-5-10)7-15-12(18)6-11-13(19)17-14(20)16-11/h2-5,11H,6-8H2,1H3,(H,15,18)(H2,16,17,19,20). The molecule has 1 aliphatic heterocycles. The predicted molar refractivity (Wildman–Crippen MR) is 81.9 cm³/mol. The van der Waals surface area contributed by atoms with Gasteiger partial charge >= 0.3 is 6.03 Å². The maximum absolute atomic E-state index is 11.8. The van der Waals surface area contributed by atoms with Crippen LogP contribution in [0.4, 0.5) is 4.79 Å². The van der Waals surface area contributed by atoms with E-state index in [-0.39, 0.29) is 24.6 Å². The molecule has 23 heavy (non-hydrogen) atoms. The molecular formula is C14H17N3O5S. The van der Waals surface area contributed by atoms with E-state index in [0.29, 0.717) is 5.56 Å². The predicted octanol–water partition coefficient (Wildman–Crippen LogP) is -0.554. The molecule has 1 fully saturated rings. The van der Waals surface area contributed by atoms with Crippen molar-refractivity contribution in [1.29, 1.82) is 0 Å². The lowest BCUT2D eigenvalue weighted by atomic mass is 10.1. The first kappa shape index (κ1) is 16.9. The summed E-state index contributed by atoms with van der Waals surface area (Å²) in [5.41, 5.74) is 1.48. The van der Waals surface area contributed by atoms with Crippen molar-refractivity contribution in [3.05, 3.63) is 35.4 Å². The molecule has 0 radical (unpaired) electrons. The van der Waals surface area contributed by atoms with Crippen LogP contribution >= 0.6 is 0 Å². The zero-order valence-corrected chi connectivity index (χ0v) is 13.3. The minimum atomic E-state index is -3.08. The lowest BCUT2D eigenvalue weighted by Crippen LogP contribution is -2.36. The summed E-state index contributed by atoms with van der Waals surface area (Å²) in [7, 11) is -3.08. The van der Waals surface area contributed by atoms with Gasteiger partial charge in [-0.3, -0.25) is 14.9 Å². The van der Waals surface area contributed by atoms with Gasteiger partial charge in [0.05, 0.1) is 12.2 Å². The molecule has 9 heteroatoms. The number of hydrogen-bond acceptors (Lipinski definition) is 5. The highest BCUT2D eigenvalue weighted by Gasteiger charge is 2.31. The Kier molecular flexibility index (Phi) is 4.99. The molecule has 3 N–H and O–H groups in total. The van der Waals surface area contributed by atoms with Gasteiger partial charge in [-0.05, 0) is 11.1 Å². The molecule has 124 valence electrons.